The first-order valence-electron chi connectivity index (χ1n) is 12.9. The number of allylic oxidation sites excluding steroid dienone is 1. The molecule has 20 heteroatoms. The topological polar surface area (TPSA) is 236 Å². The number of phenolic OH excluding ortho intramolecular Hbond substituents is 1. The lowest BCUT2D eigenvalue weighted by molar-refractivity contribution is -0.192. The van der Waals surface area contributed by atoms with Crippen LogP contribution in [0.5, 0.6) is 5.75 Å². The number of halogens is 3. The number of carboxylic acids is 2. The molecule has 7 N–H and O–H groups in total. The zero-order valence-electron chi connectivity index (χ0n) is 23.1. The van der Waals surface area contributed by atoms with Crippen LogP contribution >= 0.6 is 23.1 Å². The molecule has 0 aliphatic carbocycles. The highest BCUT2D eigenvalue weighted by Gasteiger charge is 2.54. The van der Waals surface area contributed by atoms with Crippen molar-refractivity contribution in [2.45, 2.75) is 30.6 Å². The Bertz CT molecular complexity index is 1690. The van der Waals surface area contributed by atoms with Gasteiger partial charge in [-0.2, -0.15) is 13.2 Å². The third-order valence-corrected chi connectivity index (χ3v) is 8.63. The fraction of sp³-hybridized carbons (Fsp3) is 0.269. The first kappa shape index (κ1) is 33.8. The van der Waals surface area contributed by atoms with Gasteiger partial charge in [-0.1, -0.05) is 17.3 Å². The molecule has 3 aliphatic heterocycles. The van der Waals surface area contributed by atoms with Crippen molar-refractivity contribution in [3.63, 3.8) is 0 Å². The van der Waals surface area contributed by atoms with Crippen LogP contribution in [0.25, 0.3) is 0 Å². The predicted molar refractivity (Wildman–Crippen MR) is 154 cm³/mol. The van der Waals surface area contributed by atoms with Crippen LogP contribution in [0.1, 0.15) is 17.7 Å². The molecule has 5 rings (SSSR count). The van der Waals surface area contributed by atoms with Gasteiger partial charge in [0.2, 0.25) is 5.91 Å². The summed E-state index contributed by atoms with van der Waals surface area (Å²) in [7, 11) is 0. The standard InChI is InChI=1S/C24H22N6O7S2.C2HF3O2/c25-24-26-15(10-39-24)16(28-37)19(32)27-17-21(34)30-18(23(35)36)13(9-38-22(17)30)7-12-4-5-29(20(12)33)8-11-2-1-3-14(31)6-11;3-2(4,5)1(6)7/h1-3,6-7,10,17,22,31,37H,4-5,8-9H2,(H2,25,26)(H,27,32)(H,35,36);(H,6,7)/b12-7+,28-16-;/t17-,22-;/m1./s1. The fourth-order valence-electron chi connectivity index (χ4n) is 4.61. The minimum Gasteiger partial charge on any atom is -0.508 e. The molecule has 4 heterocycles. The number of thioether (sulfide) groups is 1. The Morgan fingerprint density at radius 3 is 2.48 bits per heavy atom. The lowest BCUT2D eigenvalue weighted by atomic mass is 10.0. The van der Waals surface area contributed by atoms with Gasteiger partial charge in [-0.15, -0.1) is 23.1 Å². The third-order valence-electron chi connectivity index (χ3n) is 6.65. The monoisotopic (exact) mass is 684 g/mol. The van der Waals surface area contributed by atoms with Gasteiger partial charge in [-0.3, -0.25) is 19.3 Å². The number of alkyl halides is 3. The molecular formula is C26H23F3N6O9S2. The lowest BCUT2D eigenvalue weighted by Crippen LogP contribution is -2.71. The summed E-state index contributed by atoms with van der Waals surface area (Å²) >= 11 is 2.28. The van der Waals surface area contributed by atoms with Gasteiger partial charge in [-0.25, -0.2) is 14.6 Å². The Labute approximate surface area is 264 Å². The van der Waals surface area contributed by atoms with Crippen LogP contribution in [0.15, 0.2) is 57.7 Å². The van der Waals surface area contributed by atoms with Crippen molar-refractivity contribution < 1.29 is 57.7 Å². The summed E-state index contributed by atoms with van der Waals surface area (Å²) < 4.78 is 31.7. The van der Waals surface area contributed by atoms with E-state index in [1.165, 1.54) is 29.3 Å². The van der Waals surface area contributed by atoms with Gasteiger partial charge in [0.15, 0.2) is 10.8 Å². The maximum Gasteiger partial charge on any atom is 0.490 e. The minimum absolute atomic E-state index is 0.0387. The fourth-order valence-corrected chi connectivity index (χ4v) is 6.46. The molecular weight excluding hydrogens is 661 g/mol. The molecule has 1 aromatic carbocycles. The van der Waals surface area contributed by atoms with Crippen LogP contribution in [-0.2, 0) is 30.5 Å². The number of nitrogens with two attached hydrogens (primary N) is 1. The molecule has 0 unspecified atom stereocenters. The van der Waals surface area contributed by atoms with Crippen LogP contribution in [0.4, 0.5) is 18.3 Å². The van der Waals surface area contributed by atoms with E-state index in [-0.39, 0.29) is 33.9 Å². The second kappa shape index (κ2) is 13.5. The number of benzene rings is 1. The van der Waals surface area contributed by atoms with Crippen molar-refractivity contribution >= 4 is 63.6 Å². The maximum absolute atomic E-state index is 13.0. The molecule has 0 bridgehead atoms. The van der Waals surface area contributed by atoms with Crippen LogP contribution in [0.3, 0.4) is 0 Å². The lowest BCUT2D eigenvalue weighted by Gasteiger charge is -2.49. The van der Waals surface area contributed by atoms with Crippen molar-refractivity contribution in [1.82, 2.24) is 20.1 Å². The molecule has 3 amide bonds. The van der Waals surface area contributed by atoms with Crippen molar-refractivity contribution in [3.05, 3.63) is 63.8 Å². The van der Waals surface area contributed by atoms with Crippen molar-refractivity contribution in [2.75, 3.05) is 18.0 Å². The number of aromatic hydroxyl groups is 1. The van der Waals surface area contributed by atoms with Crippen molar-refractivity contribution in [2.24, 2.45) is 5.16 Å². The number of carboxylic acid groups (broad SMARTS) is 2. The molecule has 46 heavy (non-hydrogen) atoms. The average Bonchev–Trinajstić information content (AvgIpc) is 3.56. The first-order chi connectivity index (χ1) is 21.6. The number of likely N-dealkylation sites (tertiary alicyclic amines) is 1. The third kappa shape index (κ3) is 7.23. The highest BCUT2D eigenvalue weighted by molar-refractivity contribution is 8.00. The number of amides is 3. The number of β-lactam (4-membered cyclic amide) rings is 1. The second-order valence-electron chi connectivity index (χ2n) is 9.68. The van der Waals surface area contributed by atoms with E-state index < -0.39 is 47.1 Å². The number of thiazole rings is 1. The zero-order valence-corrected chi connectivity index (χ0v) is 24.7. The van der Waals surface area contributed by atoms with E-state index in [0.29, 0.717) is 30.7 Å². The SMILES string of the molecule is Nc1nc(/C(=N/O)C(=O)N[C@@H]2C(=O)N3C(C(=O)O)=C(/C=C4\CCN(Cc5cccc(O)c5)C4=O)CS[C@H]23)cs1.O=C(O)C(F)(F)F. The number of hydrogen-bond acceptors (Lipinski definition) is 12. The van der Waals surface area contributed by atoms with E-state index in [1.54, 1.807) is 23.1 Å². The normalized spacial score (nSPS) is 20.6. The average molecular weight is 685 g/mol. The van der Waals surface area contributed by atoms with Gasteiger partial charge in [0.25, 0.3) is 11.8 Å². The Balaban J connectivity index is 0.000000617. The van der Waals surface area contributed by atoms with Crippen LogP contribution in [-0.4, -0.2) is 101 Å². The summed E-state index contributed by atoms with van der Waals surface area (Å²) in [5, 5.41) is 42.4. The summed E-state index contributed by atoms with van der Waals surface area (Å²) in [4.78, 5) is 66.3. The van der Waals surface area contributed by atoms with Gasteiger partial charge < -0.3 is 36.5 Å². The summed E-state index contributed by atoms with van der Waals surface area (Å²) in [5.74, 6) is -5.56. The molecule has 244 valence electrons. The number of oxime groups is 1. The number of aromatic nitrogens is 1. The molecule has 0 spiro atoms. The number of carbonyl (C=O) groups excluding carboxylic acids is 3. The molecule has 2 atom stereocenters. The zero-order chi connectivity index (χ0) is 33.9. The Morgan fingerprint density at radius 1 is 1.22 bits per heavy atom. The molecule has 1 aromatic heterocycles. The van der Waals surface area contributed by atoms with E-state index in [9.17, 15) is 47.8 Å². The molecule has 0 radical (unpaired) electrons. The summed E-state index contributed by atoms with van der Waals surface area (Å²) in [6.07, 6.45) is -3.15. The van der Waals surface area contributed by atoms with Crippen LogP contribution in [0, 0.1) is 0 Å². The smallest absolute Gasteiger partial charge is 0.490 e. The van der Waals surface area contributed by atoms with Crippen LogP contribution < -0.4 is 11.1 Å². The molecule has 3 aliphatic rings. The summed E-state index contributed by atoms with van der Waals surface area (Å²) in [5.41, 5.74) is 6.44. The van der Waals surface area contributed by atoms with E-state index in [2.05, 4.69) is 15.5 Å². The highest BCUT2D eigenvalue weighted by atomic mass is 32.2. The number of nitrogens with one attached hydrogen (secondary N) is 1. The number of carbonyl (C=O) groups is 5. The number of nitrogen functional groups attached to an aromatic ring is 1. The van der Waals surface area contributed by atoms with Gasteiger partial charge in [0.05, 0.1) is 0 Å². The van der Waals surface area contributed by atoms with E-state index >= 15 is 0 Å². The Kier molecular flexibility index (Phi) is 9.90. The number of anilines is 1. The highest BCUT2D eigenvalue weighted by Crippen LogP contribution is 2.41. The number of rotatable bonds is 7. The quantitative estimate of drug-likeness (QED) is 0.0797. The number of fused-ring (bicyclic) bond motifs is 1. The summed E-state index contributed by atoms with van der Waals surface area (Å²) in [6, 6.07) is 5.55. The van der Waals surface area contributed by atoms with Crippen molar-refractivity contribution in [1.29, 1.82) is 0 Å². The number of aliphatic carboxylic acids is 2. The van der Waals surface area contributed by atoms with E-state index in [1.807, 2.05) is 0 Å². The van der Waals surface area contributed by atoms with Gasteiger partial charge in [-0.05, 0) is 35.8 Å². The van der Waals surface area contributed by atoms with E-state index in [0.717, 1.165) is 21.8 Å². The number of nitrogens with zero attached hydrogens (tertiary/aromatic N) is 4. The molecule has 0 saturated carbocycles. The largest absolute Gasteiger partial charge is 0.508 e. The second-order valence-corrected chi connectivity index (χ2v) is 11.7. The Morgan fingerprint density at radius 2 is 1.91 bits per heavy atom. The van der Waals surface area contributed by atoms with Gasteiger partial charge >= 0.3 is 18.1 Å². The Hall–Kier alpha value is -5.11. The molecule has 2 fully saturated rings. The first-order valence-corrected chi connectivity index (χ1v) is 14.8. The van der Waals surface area contributed by atoms with Gasteiger partial charge in [0.1, 0.15) is 28.6 Å². The van der Waals surface area contributed by atoms with Crippen LogP contribution in [0.2, 0.25) is 0 Å². The maximum atomic E-state index is 13.0. The molecule has 2 saturated heterocycles. The van der Waals surface area contributed by atoms with Gasteiger partial charge in [0, 0.05) is 29.8 Å². The van der Waals surface area contributed by atoms with Crippen molar-refractivity contribution in [3.8, 4) is 5.75 Å². The molecule has 15 nitrogen and oxygen atoms in total. The minimum atomic E-state index is -5.08. The van der Waals surface area contributed by atoms with E-state index in [4.69, 9.17) is 15.6 Å². The summed E-state index contributed by atoms with van der Waals surface area (Å²) in [6.45, 7) is 0.729. The number of phenols is 1. The predicted octanol–water partition coefficient (Wildman–Crippen LogP) is 1.34. The molecule has 2 aromatic rings. The number of hydrogen-bond donors (Lipinski definition) is 6.